The second-order valence-corrected chi connectivity index (χ2v) is 3.69. The number of amidine groups is 1. The van der Waals surface area contributed by atoms with Gasteiger partial charge in [0.1, 0.15) is 11.4 Å². The highest BCUT2D eigenvalue weighted by molar-refractivity contribution is 6.08. The summed E-state index contributed by atoms with van der Waals surface area (Å²) >= 11 is 0. The van der Waals surface area contributed by atoms with E-state index < -0.39 is 5.54 Å². The largest absolute Gasteiger partial charge is 0.383 e. The first-order valence-electron chi connectivity index (χ1n) is 5.29. The summed E-state index contributed by atoms with van der Waals surface area (Å²) in [5, 5.41) is 10.4. The van der Waals surface area contributed by atoms with Gasteiger partial charge >= 0.3 is 6.03 Å². The summed E-state index contributed by atoms with van der Waals surface area (Å²) in [4.78, 5) is 13.3. The summed E-state index contributed by atoms with van der Waals surface area (Å²) in [6, 6.07) is -0.180. The van der Waals surface area contributed by atoms with Crippen molar-refractivity contribution < 1.29 is 9.53 Å². The summed E-state index contributed by atoms with van der Waals surface area (Å²) in [5.74, 6) is 0.314. The van der Waals surface area contributed by atoms with Crippen molar-refractivity contribution in [2.24, 2.45) is 0 Å². The van der Waals surface area contributed by atoms with E-state index in [1.54, 1.807) is 12.0 Å². The Hall–Kier alpha value is -1.10. The molecule has 5 heteroatoms. The van der Waals surface area contributed by atoms with Crippen LogP contribution in [0.15, 0.2) is 0 Å². The Morgan fingerprint density at radius 3 is 2.53 bits per heavy atom. The van der Waals surface area contributed by atoms with E-state index in [4.69, 9.17) is 10.1 Å². The molecule has 86 valence electrons. The van der Waals surface area contributed by atoms with Crippen LogP contribution in [0.1, 0.15) is 26.7 Å². The topological polar surface area (TPSA) is 65.4 Å². The smallest absolute Gasteiger partial charge is 0.323 e. The second-order valence-electron chi connectivity index (χ2n) is 3.69. The zero-order chi connectivity index (χ0) is 11.5. The van der Waals surface area contributed by atoms with Crippen molar-refractivity contribution >= 4 is 11.9 Å². The molecule has 0 atom stereocenters. The van der Waals surface area contributed by atoms with Crippen LogP contribution >= 0.6 is 0 Å². The number of amides is 2. The fraction of sp³-hybridized carbons (Fsp3) is 0.800. The molecule has 0 unspecified atom stereocenters. The van der Waals surface area contributed by atoms with E-state index >= 15 is 0 Å². The van der Waals surface area contributed by atoms with E-state index in [-0.39, 0.29) is 6.03 Å². The molecular formula is C10H19N3O2. The number of carbonyl (C=O) groups excluding carboxylic acids is 1. The normalized spacial score (nSPS) is 19.5. The van der Waals surface area contributed by atoms with E-state index in [0.717, 1.165) is 12.8 Å². The van der Waals surface area contributed by atoms with Crippen molar-refractivity contribution in [1.29, 1.82) is 5.41 Å². The average Bonchev–Trinajstić information content (AvgIpc) is 2.47. The molecule has 1 saturated heterocycles. The number of carbonyl (C=O) groups is 1. The van der Waals surface area contributed by atoms with Crippen LogP contribution in [0.2, 0.25) is 0 Å². The van der Waals surface area contributed by atoms with Crippen LogP contribution in [0.4, 0.5) is 4.79 Å². The van der Waals surface area contributed by atoms with Gasteiger partial charge in [0.25, 0.3) is 0 Å². The monoisotopic (exact) mass is 213 g/mol. The van der Waals surface area contributed by atoms with E-state index in [2.05, 4.69) is 5.32 Å². The fourth-order valence-corrected chi connectivity index (χ4v) is 2.10. The van der Waals surface area contributed by atoms with E-state index in [9.17, 15) is 4.79 Å². The first kappa shape index (κ1) is 12.0. The van der Waals surface area contributed by atoms with Gasteiger partial charge in [0.2, 0.25) is 0 Å². The highest BCUT2D eigenvalue weighted by Gasteiger charge is 2.47. The molecule has 15 heavy (non-hydrogen) atoms. The van der Waals surface area contributed by atoms with Crippen molar-refractivity contribution in [2.45, 2.75) is 32.2 Å². The standard InChI is InChI=1S/C10H19N3O2/c1-4-10(5-2)8(11)12-9(14)13(10)6-7-15-3/h4-7H2,1-3H3,(H2,11,12,14). The molecule has 2 N–H and O–H groups in total. The second kappa shape index (κ2) is 4.61. The molecule has 0 aromatic rings. The number of ether oxygens (including phenoxy) is 1. The quantitative estimate of drug-likeness (QED) is 0.720. The molecule has 0 aliphatic carbocycles. The highest BCUT2D eigenvalue weighted by atomic mass is 16.5. The molecular weight excluding hydrogens is 194 g/mol. The van der Waals surface area contributed by atoms with Gasteiger partial charge in [0.05, 0.1) is 6.61 Å². The van der Waals surface area contributed by atoms with Gasteiger partial charge in [-0.2, -0.15) is 0 Å². The third-order valence-corrected chi connectivity index (χ3v) is 3.15. The molecule has 1 fully saturated rings. The highest BCUT2D eigenvalue weighted by Crippen LogP contribution is 2.28. The number of nitrogens with one attached hydrogen (secondary N) is 2. The molecule has 0 aromatic heterocycles. The zero-order valence-corrected chi connectivity index (χ0v) is 9.59. The molecule has 0 bridgehead atoms. The first-order chi connectivity index (χ1) is 7.12. The number of nitrogens with zero attached hydrogens (tertiary/aromatic N) is 1. The van der Waals surface area contributed by atoms with E-state index in [1.165, 1.54) is 0 Å². The maximum atomic E-state index is 11.6. The van der Waals surface area contributed by atoms with Crippen LogP contribution in [0.5, 0.6) is 0 Å². The fourth-order valence-electron chi connectivity index (χ4n) is 2.10. The van der Waals surface area contributed by atoms with Gasteiger partial charge in [-0.05, 0) is 12.8 Å². The Labute approximate surface area is 90.3 Å². The Bertz CT molecular complexity index is 261. The molecule has 1 aliphatic heterocycles. The minimum absolute atomic E-state index is 0.180. The van der Waals surface area contributed by atoms with E-state index in [0.29, 0.717) is 19.0 Å². The maximum absolute atomic E-state index is 11.6. The molecule has 2 amide bonds. The summed E-state index contributed by atoms with van der Waals surface area (Å²) in [5.41, 5.74) is -0.449. The lowest BCUT2D eigenvalue weighted by molar-refractivity contribution is 0.120. The van der Waals surface area contributed by atoms with Crippen molar-refractivity contribution in [3.8, 4) is 0 Å². The SMILES string of the molecule is CCC1(CC)C(=N)NC(=O)N1CCOC. The average molecular weight is 213 g/mol. The van der Waals surface area contributed by atoms with Crippen molar-refractivity contribution in [1.82, 2.24) is 10.2 Å². The first-order valence-corrected chi connectivity index (χ1v) is 5.29. The third kappa shape index (κ3) is 1.84. The molecule has 0 radical (unpaired) electrons. The van der Waals surface area contributed by atoms with Crippen LogP contribution in [0.25, 0.3) is 0 Å². The van der Waals surface area contributed by atoms with Crippen LogP contribution in [-0.2, 0) is 4.74 Å². The number of urea groups is 1. The predicted octanol–water partition coefficient (Wildman–Crippen LogP) is 1.19. The number of hydrogen-bond donors (Lipinski definition) is 2. The summed E-state index contributed by atoms with van der Waals surface area (Å²) in [6.07, 6.45) is 1.51. The number of rotatable bonds is 5. The van der Waals surface area contributed by atoms with Gasteiger partial charge in [-0.3, -0.25) is 10.7 Å². The lowest BCUT2D eigenvalue weighted by Gasteiger charge is -2.34. The summed E-state index contributed by atoms with van der Waals surface area (Å²) in [7, 11) is 1.61. The van der Waals surface area contributed by atoms with Gasteiger partial charge in [-0.1, -0.05) is 13.8 Å². The van der Waals surface area contributed by atoms with Crippen molar-refractivity contribution in [3.63, 3.8) is 0 Å². The molecule has 0 spiro atoms. The minimum Gasteiger partial charge on any atom is -0.383 e. The van der Waals surface area contributed by atoms with Gasteiger partial charge in [-0.25, -0.2) is 4.79 Å². The molecule has 1 aliphatic rings. The lowest BCUT2D eigenvalue weighted by Crippen LogP contribution is -2.49. The Kier molecular flexibility index (Phi) is 3.68. The molecule has 1 rings (SSSR count). The lowest BCUT2D eigenvalue weighted by atomic mass is 9.91. The Balaban J connectivity index is 2.88. The minimum atomic E-state index is -0.449. The van der Waals surface area contributed by atoms with Crippen LogP contribution in [-0.4, -0.2) is 42.6 Å². The van der Waals surface area contributed by atoms with Gasteiger partial charge in [0, 0.05) is 13.7 Å². The molecule has 0 aromatic carbocycles. The van der Waals surface area contributed by atoms with Gasteiger partial charge < -0.3 is 9.64 Å². The van der Waals surface area contributed by atoms with Crippen molar-refractivity contribution in [2.75, 3.05) is 20.3 Å². The molecule has 1 heterocycles. The summed E-state index contributed by atoms with van der Waals surface area (Å²) in [6.45, 7) is 5.03. The zero-order valence-electron chi connectivity index (χ0n) is 9.59. The number of hydrogen-bond acceptors (Lipinski definition) is 3. The Morgan fingerprint density at radius 1 is 1.47 bits per heavy atom. The van der Waals surface area contributed by atoms with E-state index in [1.807, 2.05) is 13.8 Å². The maximum Gasteiger partial charge on any atom is 0.323 e. The van der Waals surface area contributed by atoms with Crippen LogP contribution < -0.4 is 5.32 Å². The van der Waals surface area contributed by atoms with Crippen molar-refractivity contribution in [3.05, 3.63) is 0 Å². The van der Waals surface area contributed by atoms with Crippen LogP contribution in [0.3, 0.4) is 0 Å². The molecule has 5 nitrogen and oxygen atoms in total. The summed E-state index contributed by atoms with van der Waals surface area (Å²) < 4.78 is 4.98. The van der Waals surface area contributed by atoms with Gasteiger partial charge in [-0.15, -0.1) is 0 Å². The van der Waals surface area contributed by atoms with Crippen LogP contribution in [0, 0.1) is 5.41 Å². The predicted molar refractivity (Wildman–Crippen MR) is 58.2 cm³/mol. The molecule has 0 saturated carbocycles. The number of methoxy groups -OCH3 is 1. The van der Waals surface area contributed by atoms with Gasteiger partial charge in [0.15, 0.2) is 0 Å². The third-order valence-electron chi connectivity index (χ3n) is 3.15. The Morgan fingerprint density at radius 2 is 2.07 bits per heavy atom.